The molecule has 0 aromatic heterocycles. The molecule has 0 bridgehead atoms. The van der Waals surface area contributed by atoms with Gasteiger partial charge in [-0.3, -0.25) is 9.59 Å². The normalized spacial score (nSPS) is 10.2. The third-order valence-electron chi connectivity index (χ3n) is 2.55. The smallest absolute Gasteiger partial charge is 0.307 e. The second-order valence-electron chi connectivity index (χ2n) is 4.09. The number of hydrogen-bond donors (Lipinski definition) is 3. The van der Waals surface area contributed by atoms with Gasteiger partial charge in [0, 0.05) is 13.0 Å². The van der Waals surface area contributed by atoms with Crippen LogP contribution in [-0.4, -0.2) is 23.5 Å². The van der Waals surface area contributed by atoms with E-state index in [0.29, 0.717) is 25.9 Å². The first-order valence-electron chi connectivity index (χ1n) is 5.87. The largest absolute Gasteiger partial charge is 0.481 e. The number of nitrogens with one attached hydrogen (secondary N) is 1. The van der Waals surface area contributed by atoms with E-state index in [-0.39, 0.29) is 12.3 Å². The Morgan fingerprint density at radius 3 is 2.50 bits per heavy atom. The molecule has 0 spiro atoms. The lowest BCUT2D eigenvalue weighted by atomic mass is 10.0. The summed E-state index contributed by atoms with van der Waals surface area (Å²) in [5.74, 6) is -1.14. The van der Waals surface area contributed by atoms with Crippen LogP contribution in [0.3, 0.4) is 0 Å². The predicted molar refractivity (Wildman–Crippen MR) is 67.9 cm³/mol. The summed E-state index contributed by atoms with van der Waals surface area (Å²) in [5, 5.41) is 12.0. The molecule has 0 fully saturated rings. The maximum Gasteiger partial charge on any atom is 0.307 e. The van der Waals surface area contributed by atoms with E-state index in [1.54, 1.807) is 0 Å². The van der Waals surface area contributed by atoms with Gasteiger partial charge in [-0.15, -0.1) is 0 Å². The van der Waals surface area contributed by atoms with Crippen LogP contribution in [0.25, 0.3) is 0 Å². The van der Waals surface area contributed by atoms with Gasteiger partial charge in [0.25, 0.3) is 0 Å². The average Bonchev–Trinajstić information content (AvgIpc) is 2.29. The molecule has 0 radical (unpaired) electrons. The van der Waals surface area contributed by atoms with E-state index in [1.807, 2.05) is 24.3 Å². The van der Waals surface area contributed by atoms with Gasteiger partial charge < -0.3 is 16.2 Å². The number of rotatable bonds is 8. The zero-order chi connectivity index (χ0) is 13.4. The number of benzene rings is 1. The van der Waals surface area contributed by atoms with Crippen LogP contribution in [0.15, 0.2) is 24.3 Å². The van der Waals surface area contributed by atoms with E-state index in [9.17, 15) is 9.59 Å². The third-order valence-corrected chi connectivity index (χ3v) is 2.55. The molecule has 0 aliphatic heterocycles. The van der Waals surface area contributed by atoms with Crippen molar-refractivity contribution in [1.29, 1.82) is 0 Å². The molecule has 18 heavy (non-hydrogen) atoms. The minimum atomic E-state index is -0.837. The highest BCUT2D eigenvalue weighted by atomic mass is 16.4. The number of amides is 1. The highest BCUT2D eigenvalue weighted by Crippen LogP contribution is 2.09. The van der Waals surface area contributed by atoms with Crippen LogP contribution in [-0.2, 0) is 22.6 Å². The lowest BCUT2D eigenvalue weighted by molar-refractivity contribution is -0.136. The zero-order valence-electron chi connectivity index (χ0n) is 10.2. The maximum atomic E-state index is 10.7. The standard InChI is InChI=1S/C13H18N2O3/c14-12(16)6-3-7-15-9-11-5-2-1-4-10(11)8-13(17)18/h1-2,4-5,15H,3,6-9H2,(H2,14,16)(H,17,18). The molecular formula is C13H18N2O3. The van der Waals surface area contributed by atoms with Gasteiger partial charge in [-0.2, -0.15) is 0 Å². The molecule has 1 rings (SSSR count). The molecule has 98 valence electrons. The monoisotopic (exact) mass is 250 g/mol. The quantitative estimate of drug-likeness (QED) is 0.591. The fraction of sp³-hybridized carbons (Fsp3) is 0.385. The van der Waals surface area contributed by atoms with Gasteiger partial charge in [-0.05, 0) is 24.1 Å². The number of primary amides is 1. The molecule has 4 N–H and O–H groups in total. The molecule has 0 heterocycles. The number of aliphatic carboxylic acids is 1. The van der Waals surface area contributed by atoms with E-state index >= 15 is 0 Å². The van der Waals surface area contributed by atoms with Gasteiger partial charge in [0.2, 0.25) is 5.91 Å². The summed E-state index contributed by atoms with van der Waals surface area (Å²) in [4.78, 5) is 21.2. The Hall–Kier alpha value is -1.88. The Balaban J connectivity index is 2.41. The van der Waals surface area contributed by atoms with Crippen molar-refractivity contribution in [3.05, 3.63) is 35.4 Å². The maximum absolute atomic E-state index is 10.7. The third kappa shape index (κ3) is 5.45. The number of carbonyl (C=O) groups excluding carboxylic acids is 1. The van der Waals surface area contributed by atoms with Crippen molar-refractivity contribution in [1.82, 2.24) is 5.32 Å². The van der Waals surface area contributed by atoms with Crippen molar-refractivity contribution >= 4 is 11.9 Å². The Kier molecular flexibility index (Phi) is 5.87. The molecule has 1 amide bonds. The SMILES string of the molecule is NC(=O)CCCNCc1ccccc1CC(=O)O. The van der Waals surface area contributed by atoms with E-state index in [0.717, 1.165) is 11.1 Å². The van der Waals surface area contributed by atoms with E-state index in [1.165, 1.54) is 0 Å². The van der Waals surface area contributed by atoms with Gasteiger partial charge >= 0.3 is 5.97 Å². The lowest BCUT2D eigenvalue weighted by Gasteiger charge is -2.08. The van der Waals surface area contributed by atoms with Gasteiger partial charge in [-0.25, -0.2) is 0 Å². The zero-order valence-corrected chi connectivity index (χ0v) is 10.2. The minimum Gasteiger partial charge on any atom is -0.481 e. The molecule has 0 unspecified atom stereocenters. The van der Waals surface area contributed by atoms with Crippen LogP contribution in [0.1, 0.15) is 24.0 Å². The molecule has 0 atom stereocenters. The first-order chi connectivity index (χ1) is 8.59. The van der Waals surface area contributed by atoms with Crippen molar-refractivity contribution in [3.63, 3.8) is 0 Å². The molecule has 0 saturated carbocycles. The summed E-state index contributed by atoms with van der Waals surface area (Å²) in [7, 11) is 0. The Bertz CT molecular complexity index is 418. The van der Waals surface area contributed by atoms with Gasteiger partial charge in [0.1, 0.15) is 0 Å². The molecule has 0 aliphatic rings. The molecule has 1 aromatic carbocycles. The summed E-state index contributed by atoms with van der Waals surface area (Å²) < 4.78 is 0. The second-order valence-corrected chi connectivity index (χ2v) is 4.09. The minimum absolute atomic E-state index is 0.0269. The first-order valence-corrected chi connectivity index (χ1v) is 5.87. The van der Waals surface area contributed by atoms with Crippen LogP contribution in [0.2, 0.25) is 0 Å². The van der Waals surface area contributed by atoms with E-state index in [2.05, 4.69) is 5.32 Å². The van der Waals surface area contributed by atoms with Crippen molar-refractivity contribution in [3.8, 4) is 0 Å². The fourth-order valence-electron chi connectivity index (χ4n) is 1.68. The van der Waals surface area contributed by atoms with Crippen LogP contribution in [0.4, 0.5) is 0 Å². The molecule has 0 aliphatic carbocycles. The van der Waals surface area contributed by atoms with Crippen molar-refractivity contribution < 1.29 is 14.7 Å². The van der Waals surface area contributed by atoms with E-state index in [4.69, 9.17) is 10.8 Å². The number of carboxylic acids is 1. The molecule has 5 nitrogen and oxygen atoms in total. The summed E-state index contributed by atoms with van der Waals surface area (Å²) in [6.45, 7) is 1.28. The number of carboxylic acid groups (broad SMARTS) is 1. The van der Waals surface area contributed by atoms with Gasteiger partial charge in [-0.1, -0.05) is 24.3 Å². The highest BCUT2D eigenvalue weighted by molar-refractivity contribution is 5.73. The highest BCUT2D eigenvalue weighted by Gasteiger charge is 2.05. The number of hydrogen-bond acceptors (Lipinski definition) is 3. The van der Waals surface area contributed by atoms with Gasteiger partial charge in [0.15, 0.2) is 0 Å². The van der Waals surface area contributed by atoms with Crippen LogP contribution < -0.4 is 11.1 Å². The van der Waals surface area contributed by atoms with E-state index < -0.39 is 5.97 Å². The van der Waals surface area contributed by atoms with Crippen molar-refractivity contribution in [2.45, 2.75) is 25.8 Å². The van der Waals surface area contributed by atoms with Crippen LogP contribution in [0, 0.1) is 0 Å². The topological polar surface area (TPSA) is 92.4 Å². The van der Waals surface area contributed by atoms with Crippen molar-refractivity contribution in [2.24, 2.45) is 5.73 Å². The second kappa shape index (κ2) is 7.45. The molecular weight excluding hydrogens is 232 g/mol. The molecule has 0 saturated heterocycles. The Morgan fingerprint density at radius 1 is 1.22 bits per heavy atom. The Morgan fingerprint density at radius 2 is 1.89 bits per heavy atom. The summed E-state index contributed by atoms with van der Waals surface area (Å²) in [5.41, 5.74) is 6.82. The van der Waals surface area contributed by atoms with Gasteiger partial charge in [0.05, 0.1) is 6.42 Å². The fourth-order valence-corrected chi connectivity index (χ4v) is 1.68. The van der Waals surface area contributed by atoms with Crippen LogP contribution >= 0.6 is 0 Å². The molecule has 1 aromatic rings. The summed E-state index contributed by atoms with van der Waals surface area (Å²) in [6.07, 6.45) is 1.08. The number of carbonyl (C=O) groups is 2. The number of nitrogens with two attached hydrogens (primary N) is 1. The first kappa shape index (κ1) is 14.2. The Labute approximate surface area is 106 Å². The van der Waals surface area contributed by atoms with Crippen LogP contribution in [0.5, 0.6) is 0 Å². The van der Waals surface area contributed by atoms with Crippen molar-refractivity contribution in [2.75, 3.05) is 6.54 Å². The average molecular weight is 250 g/mol. The summed E-state index contributed by atoms with van der Waals surface area (Å²) in [6, 6.07) is 7.43. The molecule has 5 heteroatoms. The lowest BCUT2D eigenvalue weighted by Crippen LogP contribution is -2.19. The predicted octanol–water partition coefficient (Wildman–Crippen LogP) is 0.669. The summed E-state index contributed by atoms with van der Waals surface area (Å²) >= 11 is 0.